The minimum Gasteiger partial charge on any atom is -0.425 e. The Kier molecular flexibility index (Phi) is 5.89. The average molecular weight is 482 g/mol. The van der Waals surface area contributed by atoms with Crippen molar-refractivity contribution in [2.45, 2.75) is 32.2 Å². The minimum atomic E-state index is -0.506. The lowest BCUT2D eigenvalue weighted by Gasteiger charge is -2.30. The van der Waals surface area contributed by atoms with E-state index < -0.39 is 5.56 Å². The molecule has 1 aliphatic heterocycles. The fourth-order valence-electron chi connectivity index (χ4n) is 5.73. The first-order chi connectivity index (χ1) is 17.5. The van der Waals surface area contributed by atoms with Crippen LogP contribution < -0.4 is 5.56 Å². The Labute approximate surface area is 209 Å². The standard InChI is InChI=1S/C30H28FN3O2/c31-26-9-6-20(7-10-26)15-21-5-8-23-17-32-29-27(12-14-34(36)30(29)35)28(23)25(16-21)19-33-13-11-22-3-1-2-4-24(22)18-33/h1-4,6-7,9-10,12,14,16-17,21,36H,5,8,11,13,15,18-19H2. The van der Waals surface area contributed by atoms with Gasteiger partial charge in [-0.1, -0.05) is 42.5 Å². The van der Waals surface area contributed by atoms with Crippen LogP contribution in [-0.4, -0.2) is 32.9 Å². The van der Waals surface area contributed by atoms with Gasteiger partial charge < -0.3 is 5.21 Å². The highest BCUT2D eigenvalue weighted by Crippen LogP contribution is 2.35. The molecule has 6 rings (SSSR count). The number of aromatic nitrogens is 2. The second-order valence-corrected chi connectivity index (χ2v) is 9.94. The van der Waals surface area contributed by atoms with Gasteiger partial charge in [-0.05, 0) is 83.2 Å². The van der Waals surface area contributed by atoms with Crippen molar-refractivity contribution in [2.75, 3.05) is 13.1 Å². The Hall–Kier alpha value is -3.77. The van der Waals surface area contributed by atoms with Crippen molar-refractivity contribution >= 4 is 16.5 Å². The third-order valence-corrected chi connectivity index (χ3v) is 7.55. The van der Waals surface area contributed by atoms with Gasteiger partial charge in [-0.3, -0.25) is 9.69 Å². The zero-order chi connectivity index (χ0) is 24.6. The number of pyridine rings is 2. The molecule has 2 aromatic heterocycles. The minimum absolute atomic E-state index is 0.222. The second-order valence-electron chi connectivity index (χ2n) is 9.94. The lowest BCUT2D eigenvalue weighted by molar-refractivity contribution is 0.176. The van der Waals surface area contributed by atoms with Crippen LogP contribution in [0, 0.1) is 11.7 Å². The molecule has 1 N–H and O–H groups in total. The first-order valence-electron chi connectivity index (χ1n) is 12.5. The maximum atomic E-state index is 13.5. The van der Waals surface area contributed by atoms with E-state index in [9.17, 15) is 14.4 Å². The van der Waals surface area contributed by atoms with E-state index in [1.807, 2.05) is 12.1 Å². The molecule has 36 heavy (non-hydrogen) atoms. The van der Waals surface area contributed by atoms with E-state index in [2.05, 4.69) is 40.2 Å². The molecule has 182 valence electrons. The monoisotopic (exact) mass is 481 g/mol. The van der Waals surface area contributed by atoms with Crippen molar-refractivity contribution in [3.05, 3.63) is 117 Å². The van der Waals surface area contributed by atoms with Crippen molar-refractivity contribution in [3.63, 3.8) is 0 Å². The summed E-state index contributed by atoms with van der Waals surface area (Å²) in [4.78, 5) is 19.6. The van der Waals surface area contributed by atoms with Crippen molar-refractivity contribution in [1.29, 1.82) is 0 Å². The molecule has 0 amide bonds. The SMILES string of the molecule is O=c1c2ncc3c(c2ccn1O)C(CN1CCc2ccccc2C1)=CC(Cc1ccc(F)cc1)CC3. The predicted octanol–water partition coefficient (Wildman–Crippen LogP) is 5.02. The van der Waals surface area contributed by atoms with Crippen LogP contribution in [-0.2, 0) is 25.8 Å². The molecule has 0 bridgehead atoms. The second kappa shape index (κ2) is 9.36. The molecule has 5 nitrogen and oxygen atoms in total. The van der Waals surface area contributed by atoms with E-state index in [0.29, 0.717) is 4.73 Å². The third-order valence-electron chi connectivity index (χ3n) is 7.55. The van der Waals surface area contributed by atoms with Crippen LogP contribution in [0.1, 0.15) is 34.2 Å². The fraction of sp³-hybridized carbons (Fsp3) is 0.267. The number of aryl methyl sites for hydroxylation is 1. The Morgan fingerprint density at radius 2 is 1.81 bits per heavy atom. The highest BCUT2D eigenvalue weighted by molar-refractivity contribution is 5.93. The number of halogens is 1. The van der Waals surface area contributed by atoms with Crippen molar-refractivity contribution in [2.24, 2.45) is 5.92 Å². The Bertz CT molecular complexity index is 1520. The normalized spacial score (nSPS) is 17.8. The summed E-state index contributed by atoms with van der Waals surface area (Å²) in [5.41, 5.74) is 7.05. The van der Waals surface area contributed by atoms with Crippen molar-refractivity contribution in [1.82, 2.24) is 14.6 Å². The number of fused-ring (bicyclic) bond motifs is 4. The van der Waals surface area contributed by atoms with Gasteiger partial charge in [-0.25, -0.2) is 9.37 Å². The van der Waals surface area contributed by atoms with Crippen LogP contribution in [0.15, 0.2) is 77.9 Å². The molecule has 0 fully saturated rings. The van der Waals surface area contributed by atoms with E-state index >= 15 is 0 Å². The summed E-state index contributed by atoms with van der Waals surface area (Å²) in [6.45, 7) is 2.62. The van der Waals surface area contributed by atoms with Crippen LogP contribution in [0.2, 0.25) is 0 Å². The van der Waals surface area contributed by atoms with Gasteiger partial charge in [0.15, 0.2) is 0 Å². The number of rotatable bonds is 4. The summed E-state index contributed by atoms with van der Waals surface area (Å²) < 4.78 is 14.1. The van der Waals surface area contributed by atoms with Gasteiger partial charge >= 0.3 is 5.56 Å². The van der Waals surface area contributed by atoms with E-state index in [0.717, 1.165) is 67.4 Å². The van der Waals surface area contributed by atoms with Gasteiger partial charge in [0.1, 0.15) is 11.3 Å². The number of allylic oxidation sites excluding steroid dienone is 1. The van der Waals surface area contributed by atoms with Crippen molar-refractivity contribution < 1.29 is 9.60 Å². The molecule has 0 saturated heterocycles. The van der Waals surface area contributed by atoms with Crippen LogP contribution in [0.3, 0.4) is 0 Å². The first kappa shape index (κ1) is 22.7. The maximum Gasteiger partial charge on any atom is 0.309 e. The molecule has 4 aromatic rings. The number of hydrogen-bond donors (Lipinski definition) is 1. The summed E-state index contributed by atoms with van der Waals surface area (Å²) in [5.74, 6) is 0.0592. The summed E-state index contributed by atoms with van der Waals surface area (Å²) >= 11 is 0. The third kappa shape index (κ3) is 4.33. The lowest BCUT2D eigenvalue weighted by Crippen LogP contribution is -2.32. The maximum absolute atomic E-state index is 13.5. The van der Waals surface area contributed by atoms with E-state index in [-0.39, 0.29) is 17.3 Å². The molecule has 0 spiro atoms. The van der Waals surface area contributed by atoms with Gasteiger partial charge in [0.2, 0.25) is 0 Å². The summed E-state index contributed by atoms with van der Waals surface area (Å²) in [6.07, 6.45) is 9.20. The molecule has 2 aliphatic rings. The topological polar surface area (TPSA) is 58.4 Å². The average Bonchev–Trinajstić information content (AvgIpc) is 3.06. The van der Waals surface area contributed by atoms with Gasteiger partial charge in [0, 0.05) is 37.4 Å². The molecule has 2 aromatic carbocycles. The van der Waals surface area contributed by atoms with Crippen molar-refractivity contribution in [3.8, 4) is 0 Å². The number of nitrogens with zero attached hydrogens (tertiary/aromatic N) is 3. The predicted molar refractivity (Wildman–Crippen MR) is 139 cm³/mol. The number of benzene rings is 2. The lowest BCUT2D eigenvalue weighted by atomic mass is 9.93. The van der Waals surface area contributed by atoms with Crippen LogP contribution in [0.25, 0.3) is 16.5 Å². The van der Waals surface area contributed by atoms with Crippen LogP contribution in [0.5, 0.6) is 0 Å². The Balaban J connectivity index is 1.41. The highest BCUT2D eigenvalue weighted by Gasteiger charge is 2.24. The molecular weight excluding hydrogens is 453 g/mol. The van der Waals surface area contributed by atoms with Gasteiger partial charge in [-0.15, -0.1) is 0 Å². The fourth-order valence-corrected chi connectivity index (χ4v) is 5.73. The van der Waals surface area contributed by atoms with E-state index in [4.69, 9.17) is 0 Å². The molecule has 1 aliphatic carbocycles. The Morgan fingerprint density at radius 1 is 1.00 bits per heavy atom. The zero-order valence-corrected chi connectivity index (χ0v) is 20.0. The first-order valence-corrected chi connectivity index (χ1v) is 12.5. The summed E-state index contributed by atoms with van der Waals surface area (Å²) in [7, 11) is 0. The Morgan fingerprint density at radius 3 is 2.64 bits per heavy atom. The zero-order valence-electron chi connectivity index (χ0n) is 20.0. The van der Waals surface area contributed by atoms with Gasteiger partial charge in [-0.2, -0.15) is 4.73 Å². The van der Waals surface area contributed by atoms with Crippen LogP contribution in [0.4, 0.5) is 4.39 Å². The molecule has 6 heteroatoms. The van der Waals surface area contributed by atoms with E-state index in [1.54, 1.807) is 12.3 Å². The van der Waals surface area contributed by atoms with E-state index in [1.165, 1.54) is 35.0 Å². The molecule has 0 saturated carbocycles. The van der Waals surface area contributed by atoms with Gasteiger partial charge in [0.25, 0.3) is 0 Å². The molecule has 1 unspecified atom stereocenters. The summed E-state index contributed by atoms with van der Waals surface area (Å²) in [5, 5.41) is 10.7. The van der Waals surface area contributed by atoms with Gasteiger partial charge in [0.05, 0.1) is 0 Å². The quantitative estimate of drug-likeness (QED) is 0.416. The largest absolute Gasteiger partial charge is 0.425 e. The molecular formula is C30H28FN3O2. The molecule has 1 atom stereocenters. The smallest absolute Gasteiger partial charge is 0.309 e. The van der Waals surface area contributed by atoms with Crippen LogP contribution >= 0.6 is 0 Å². The molecule has 0 radical (unpaired) electrons. The highest BCUT2D eigenvalue weighted by atomic mass is 19.1. The summed E-state index contributed by atoms with van der Waals surface area (Å²) in [6, 6.07) is 17.2. The number of hydrogen-bond acceptors (Lipinski definition) is 4. The molecule has 3 heterocycles.